The van der Waals surface area contributed by atoms with Crippen molar-refractivity contribution in [1.29, 1.82) is 0 Å². The van der Waals surface area contributed by atoms with Crippen molar-refractivity contribution in [2.45, 2.75) is 32.7 Å². The molecule has 0 aromatic heterocycles. The largest absolute Gasteiger partial charge is 0.484 e. The Bertz CT molecular complexity index is 613. The van der Waals surface area contributed by atoms with Crippen LogP contribution in [0.1, 0.15) is 37.0 Å². The highest BCUT2D eigenvalue weighted by atomic mass is 16.5. The highest BCUT2D eigenvalue weighted by Crippen LogP contribution is 2.22. The Hall–Kier alpha value is -2.37. The fourth-order valence-corrected chi connectivity index (χ4v) is 2.69. The first-order valence-electron chi connectivity index (χ1n) is 7.64. The third-order valence-corrected chi connectivity index (χ3v) is 4.15. The van der Waals surface area contributed by atoms with Gasteiger partial charge in [0.1, 0.15) is 5.75 Å². The van der Waals surface area contributed by atoms with Gasteiger partial charge in [-0.1, -0.05) is 12.1 Å². The number of aliphatic carboxylic acids is 1. The van der Waals surface area contributed by atoms with Gasteiger partial charge in [0.2, 0.25) is 0 Å². The first-order chi connectivity index (χ1) is 10.9. The Morgan fingerprint density at radius 3 is 2.70 bits per heavy atom. The Morgan fingerprint density at radius 1 is 1.30 bits per heavy atom. The van der Waals surface area contributed by atoms with Gasteiger partial charge >= 0.3 is 5.97 Å². The smallest absolute Gasteiger partial charge is 0.308 e. The van der Waals surface area contributed by atoms with E-state index in [1.165, 1.54) is 6.92 Å². The van der Waals surface area contributed by atoms with Gasteiger partial charge in [0.15, 0.2) is 12.4 Å². The van der Waals surface area contributed by atoms with Crippen LogP contribution in [0.4, 0.5) is 0 Å². The number of carbonyl (C=O) groups excluding carboxylic acids is 2. The second kappa shape index (κ2) is 7.26. The second-order valence-corrected chi connectivity index (χ2v) is 5.88. The predicted molar refractivity (Wildman–Crippen MR) is 83.5 cm³/mol. The number of carboxylic acid groups (broad SMARTS) is 1. The van der Waals surface area contributed by atoms with E-state index in [0.29, 0.717) is 24.2 Å². The highest BCUT2D eigenvalue weighted by Gasteiger charge is 2.32. The highest BCUT2D eigenvalue weighted by molar-refractivity contribution is 5.94. The van der Waals surface area contributed by atoms with Crippen LogP contribution in [0.2, 0.25) is 0 Å². The Kier molecular flexibility index (Phi) is 5.36. The van der Waals surface area contributed by atoms with Gasteiger partial charge in [-0.3, -0.25) is 14.4 Å². The zero-order valence-corrected chi connectivity index (χ0v) is 13.3. The third kappa shape index (κ3) is 4.31. The van der Waals surface area contributed by atoms with E-state index in [1.807, 2.05) is 6.92 Å². The molecule has 23 heavy (non-hydrogen) atoms. The molecule has 6 heteroatoms. The summed E-state index contributed by atoms with van der Waals surface area (Å²) in [5.41, 5.74) is 0.521. The number of Topliss-reactive ketones (excluding diaryl/α,β-unsaturated/α-hetero) is 1. The van der Waals surface area contributed by atoms with E-state index in [0.717, 1.165) is 0 Å². The lowest BCUT2D eigenvalue weighted by atomic mass is 9.93. The summed E-state index contributed by atoms with van der Waals surface area (Å²) in [5.74, 6) is -1.25. The van der Waals surface area contributed by atoms with Crippen LogP contribution in [-0.4, -0.2) is 46.9 Å². The normalized spacial score (nSPS) is 20.9. The molecule has 0 bridgehead atoms. The number of hydrogen-bond donors (Lipinski definition) is 1. The number of benzene rings is 1. The van der Waals surface area contributed by atoms with Gasteiger partial charge < -0.3 is 14.7 Å². The Labute approximate surface area is 135 Å². The molecule has 2 unspecified atom stereocenters. The molecule has 0 spiro atoms. The molecule has 0 saturated carbocycles. The van der Waals surface area contributed by atoms with Gasteiger partial charge in [0, 0.05) is 18.2 Å². The number of hydrogen-bond acceptors (Lipinski definition) is 4. The van der Waals surface area contributed by atoms with Crippen molar-refractivity contribution in [3.63, 3.8) is 0 Å². The quantitative estimate of drug-likeness (QED) is 0.839. The van der Waals surface area contributed by atoms with E-state index < -0.39 is 11.9 Å². The van der Waals surface area contributed by atoms with Crippen LogP contribution in [0.25, 0.3) is 0 Å². The number of ether oxygens (including phenoxy) is 1. The van der Waals surface area contributed by atoms with E-state index >= 15 is 0 Å². The molecule has 2 rings (SSSR count). The van der Waals surface area contributed by atoms with Crippen LogP contribution >= 0.6 is 0 Å². The van der Waals surface area contributed by atoms with Gasteiger partial charge in [0.05, 0.1) is 5.92 Å². The molecular weight excluding hydrogens is 298 g/mol. The predicted octanol–water partition coefficient (Wildman–Crippen LogP) is 1.98. The first kappa shape index (κ1) is 17.0. The summed E-state index contributed by atoms with van der Waals surface area (Å²) in [4.78, 5) is 36.3. The second-order valence-electron chi connectivity index (χ2n) is 5.88. The number of carbonyl (C=O) groups is 3. The van der Waals surface area contributed by atoms with Crippen LogP contribution < -0.4 is 4.74 Å². The van der Waals surface area contributed by atoms with E-state index in [2.05, 4.69) is 0 Å². The van der Waals surface area contributed by atoms with Crippen molar-refractivity contribution >= 4 is 17.7 Å². The van der Waals surface area contributed by atoms with E-state index in [9.17, 15) is 14.4 Å². The van der Waals surface area contributed by atoms with E-state index in [4.69, 9.17) is 9.84 Å². The molecule has 1 aliphatic heterocycles. The molecule has 1 fully saturated rings. The maximum atomic E-state index is 12.3. The molecule has 124 valence electrons. The van der Waals surface area contributed by atoms with Crippen LogP contribution in [0.15, 0.2) is 24.3 Å². The van der Waals surface area contributed by atoms with Crippen LogP contribution in [0, 0.1) is 5.92 Å². The molecule has 1 aromatic carbocycles. The van der Waals surface area contributed by atoms with Gasteiger partial charge in [-0.05, 0) is 38.8 Å². The lowest BCUT2D eigenvalue weighted by Crippen LogP contribution is -2.49. The average Bonchev–Trinajstić information content (AvgIpc) is 2.53. The summed E-state index contributed by atoms with van der Waals surface area (Å²) in [6.07, 6.45) is 1.25. The van der Waals surface area contributed by atoms with Crippen molar-refractivity contribution < 1.29 is 24.2 Å². The number of piperidine rings is 1. The van der Waals surface area contributed by atoms with Gasteiger partial charge in [0.25, 0.3) is 5.91 Å². The summed E-state index contributed by atoms with van der Waals surface area (Å²) in [7, 11) is 0. The maximum absolute atomic E-state index is 12.3. The number of ketones is 1. The molecule has 0 radical (unpaired) electrons. The maximum Gasteiger partial charge on any atom is 0.308 e. The summed E-state index contributed by atoms with van der Waals surface area (Å²) in [6, 6.07) is 6.65. The van der Waals surface area contributed by atoms with Crippen LogP contribution in [0.5, 0.6) is 5.75 Å². The number of nitrogens with zero attached hydrogens (tertiary/aromatic N) is 1. The zero-order chi connectivity index (χ0) is 17.0. The zero-order valence-electron chi connectivity index (χ0n) is 13.3. The Morgan fingerprint density at radius 2 is 2.04 bits per heavy atom. The minimum Gasteiger partial charge on any atom is -0.484 e. The standard InChI is InChI=1S/C17H21NO5/c1-11-6-7-14(17(21)22)9-18(11)16(20)10-23-15-5-3-4-13(8-15)12(2)19/h3-5,8,11,14H,6-7,9-10H2,1-2H3,(H,21,22). The minimum absolute atomic E-state index is 0.00486. The fourth-order valence-electron chi connectivity index (χ4n) is 2.69. The van der Waals surface area contributed by atoms with E-state index in [1.54, 1.807) is 29.2 Å². The molecule has 1 N–H and O–H groups in total. The van der Waals surface area contributed by atoms with Gasteiger partial charge in [-0.15, -0.1) is 0 Å². The lowest BCUT2D eigenvalue weighted by molar-refractivity contribution is -0.147. The molecule has 0 aliphatic carbocycles. The molecule has 1 saturated heterocycles. The molecule has 1 amide bonds. The summed E-state index contributed by atoms with van der Waals surface area (Å²) in [5, 5.41) is 9.11. The average molecular weight is 319 g/mol. The van der Waals surface area contributed by atoms with Crippen molar-refractivity contribution in [3.8, 4) is 5.75 Å². The number of rotatable bonds is 5. The van der Waals surface area contributed by atoms with E-state index in [-0.39, 0.29) is 30.9 Å². The monoisotopic (exact) mass is 319 g/mol. The minimum atomic E-state index is -0.871. The molecule has 1 aliphatic rings. The molecule has 2 atom stereocenters. The van der Waals surface area contributed by atoms with Crippen LogP contribution in [-0.2, 0) is 9.59 Å². The first-order valence-corrected chi connectivity index (χ1v) is 7.64. The van der Waals surface area contributed by atoms with Crippen molar-refractivity contribution in [2.75, 3.05) is 13.2 Å². The molecule has 1 aromatic rings. The summed E-state index contributed by atoms with van der Waals surface area (Å²) >= 11 is 0. The summed E-state index contributed by atoms with van der Waals surface area (Å²) < 4.78 is 5.47. The number of amides is 1. The van der Waals surface area contributed by atoms with Gasteiger partial charge in [-0.2, -0.15) is 0 Å². The molecular formula is C17H21NO5. The lowest BCUT2D eigenvalue weighted by Gasteiger charge is -2.36. The summed E-state index contributed by atoms with van der Waals surface area (Å²) in [6.45, 7) is 3.42. The number of likely N-dealkylation sites (tertiary alicyclic amines) is 1. The number of carboxylic acids is 1. The van der Waals surface area contributed by atoms with Gasteiger partial charge in [-0.25, -0.2) is 0 Å². The molecule has 6 nitrogen and oxygen atoms in total. The topological polar surface area (TPSA) is 83.9 Å². The molecule has 1 heterocycles. The van der Waals surface area contributed by atoms with Crippen molar-refractivity contribution in [2.24, 2.45) is 5.92 Å². The third-order valence-electron chi connectivity index (χ3n) is 4.15. The van der Waals surface area contributed by atoms with Crippen LogP contribution in [0.3, 0.4) is 0 Å². The SMILES string of the molecule is CC(=O)c1cccc(OCC(=O)N2CC(C(=O)O)CCC2C)c1. The fraction of sp³-hybridized carbons (Fsp3) is 0.471. The van der Waals surface area contributed by atoms with Crippen molar-refractivity contribution in [1.82, 2.24) is 4.90 Å². The van der Waals surface area contributed by atoms with Crippen molar-refractivity contribution in [3.05, 3.63) is 29.8 Å². The Balaban J connectivity index is 1.97.